The van der Waals surface area contributed by atoms with Gasteiger partial charge in [0.25, 0.3) is 5.91 Å². The Labute approximate surface area is 205 Å². The highest BCUT2D eigenvalue weighted by Gasteiger charge is 2.22. The second kappa shape index (κ2) is 9.45. The second-order valence-electron chi connectivity index (χ2n) is 8.17. The molecule has 1 unspecified atom stereocenters. The van der Waals surface area contributed by atoms with E-state index in [1.54, 1.807) is 65.5 Å². The van der Waals surface area contributed by atoms with Crippen LogP contribution in [0.5, 0.6) is 5.75 Å². The molecule has 0 fully saturated rings. The molecule has 0 aliphatic rings. The molecule has 11 heteroatoms. The number of methoxy groups -OCH3 is 1. The Hall–Kier alpha value is -4.80. The average molecular weight is 487 g/mol. The number of carbonyl (C=O) groups is 1. The molecule has 0 saturated carbocycles. The molecule has 0 saturated heterocycles. The van der Waals surface area contributed by atoms with Crippen molar-refractivity contribution in [2.24, 2.45) is 14.1 Å². The van der Waals surface area contributed by atoms with Crippen molar-refractivity contribution in [2.75, 3.05) is 12.4 Å². The minimum Gasteiger partial charge on any atom is -0.494 e. The van der Waals surface area contributed by atoms with Gasteiger partial charge in [0.2, 0.25) is 0 Å². The first-order valence-electron chi connectivity index (χ1n) is 11.1. The molecule has 0 bridgehead atoms. The number of nitrogens with zero attached hydrogens (tertiary/aromatic N) is 6. The van der Waals surface area contributed by atoms with Gasteiger partial charge in [0.1, 0.15) is 17.3 Å². The van der Waals surface area contributed by atoms with Crippen LogP contribution in [0.4, 0.5) is 16.0 Å². The fourth-order valence-electron chi connectivity index (χ4n) is 3.85. The van der Waals surface area contributed by atoms with Crippen molar-refractivity contribution in [3.8, 4) is 5.75 Å². The summed E-state index contributed by atoms with van der Waals surface area (Å²) >= 11 is 0. The topological polar surface area (TPSA) is 112 Å². The summed E-state index contributed by atoms with van der Waals surface area (Å²) in [5, 5.41) is 15.2. The van der Waals surface area contributed by atoms with Crippen molar-refractivity contribution < 1.29 is 13.9 Å². The molecule has 0 aliphatic carbocycles. The second-order valence-corrected chi connectivity index (χ2v) is 8.17. The van der Waals surface area contributed by atoms with Gasteiger partial charge in [-0.15, -0.1) is 0 Å². The predicted octanol–water partition coefficient (Wildman–Crippen LogP) is 3.51. The summed E-state index contributed by atoms with van der Waals surface area (Å²) in [7, 11) is 4.99. The van der Waals surface area contributed by atoms with Crippen molar-refractivity contribution in [3.63, 3.8) is 0 Å². The van der Waals surface area contributed by atoms with Gasteiger partial charge < -0.3 is 15.4 Å². The maximum absolute atomic E-state index is 14.5. The Morgan fingerprint density at radius 1 is 1.06 bits per heavy atom. The van der Waals surface area contributed by atoms with Crippen LogP contribution in [-0.4, -0.2) is 42.5 Å². The third kappa shape index (κ3) is 4.58. The Kier molecular flexibility index (Phi) is 6.03. The maximum Gasteiger partial charge on any atom is 0.270 e. The lowest BCUT2D eigenvalue weighted by Gasteiger charge is -2.19. The number of nitrogens with one attached hydrogen (secondary N) is 2. The molecule has 4 heterocycles. The number of hydrogen-bond donors (Lipinski definition) is 2. The Bertz CT molecular complexity index is 1560. The number of hydrogen-bond acceptors (Lipinski definition) is 7. The number of carbonyl (C=O) groups excluding carboxylic acids is 1. The standard InChI is InChI=1S/C25H23FN8O2/c1-33-14-17(13-29-33)24(15-5-7-21(36-3)18(26)10-15)32-25(35)19-6-4-16-12-27-22(11-20(16)30-19)31-23-8-9-28-34(23)2/h4-14,24H,1-3H3,(H,27,31)(H,32,35). The summed E-state index contributed by atoms with van der Waals surface area (Å²) in [6, 6.07) is 10.9. The molecule has 5 aromatic rings. The predicted molar refractivity (Wildman–Crippen MR) is 131 cm³/mol. The summed E-state index contributed by atoms with van der Waals surface area (Å²) in [5.41, 5.74) is 2.05. The van der Waals surface area contributed by atoms with Gasteiger partial charge in [0.05, 0.1) is 31.1 Å². The van der Waals surface area contributed by atoms with E-state index in [9.17, 15) is 9.18 Å². The maximum atomic E-state index is 14.5. The molecule has 1 aromatic carbocycles. The summed E-state index contributed by atoms with van der Waals surface area (Å²) in [5.74, 6) is 0.512. The van der Waals surface area contributed by atoms with Crippen molar-refractivity contribution >= 4 is 28.4 Å². The number of fused-ring (bicyclic) bond motifs is 1. The molecule has 5 rings (SSSR count). The number of amides is 1. The van der Waals surface area contributed by atoms with Crippen molar-refractivity contribution in [3.05, 3.63) is 89.9 Å². The molecule has 2 N–H and O–H groups in total. The van der Waals surface area contributed by atoms with E-state index in [1.165, 1.54) is 19.2 Å². The zero-order valence-corrected chi connectivity index (χ0v) is 19.8. The third-order valence-electron chi connectivity index (χ3n) is 5.73. The molecule has 36 heavy (non-hydrogen) atoms. The lowest BCUT2D eigenvalue weighted by Crippen LogP contribution is -2.30. The fraction of sp³-hybridized carbons (Fsp3) is 0.160. The van der Waals surface area contributed by atoms with Gasteiger partial charge in [-0.25, -0.2) is 14.4 Å². The number of anilines is 2. The Morgan fingerprint density at radius 2 is 1.92 bits per heavy atom. The SMILES string of the molecule is COc1ccc(C(NC(=O)c2ccc3cnc(Nc4ccnn4C)cc3n2)c2cnn(C)c2)cc1F. The van der Waals surface area contributed by atoms with Crippen LogP contribution in [0.3, 0.4) is 0 Å². The molecule has 0 radical (unpaired) electrons. The summed E-state index contributed by atoms with van der Waals surface area (Å²) in [6.45, 7) is 0. The van der Waals surface area contributed by atoms with Gasteiger partial charge in [0, 0.05) is 49.6 Å². The van der Waals surface area contributed by atoms with Crippen LogP contribution in [0.1, 0.15) is 27.7 Å². The Morgan fingerprint density at radius 3 is 2.61 bits per heavy atom. The highest BCUT2D eigenvalue weighted by atomic mass is 19.1. The van der Waals surface area contributed by atoms with Crippen LogP contribution in [0, 0.1) is 5.82 Å². The summed E-state index contributed by atoms with van der Waals surface area (Å²) in [6.07, 6.45) is 6.75. The van der Waals surface area contributed by atoms with Gasteiger partial charge in [0.15, 0.2) is 11.6 Å². The highest BCUT2D eigenvalue weighted by molar-refractivity contribution is 5.95. The zero-order valence-electron chi connectivity index (χ0n) is 19.8. The molecular weight excluding hydrogens is 463 g/mol. The molecule has 10 nitrogen and oxygen atoms in total. The van der Waals surface area contributed by atoms with Crippen LogP contribution >= 0.6 is 0 Å². The lowest BCUT2D eigenvalue weighted by molar-refractivity contribution is 0.0938. The minimum absolute atomic E-state index is 0.121. The number of halogens is 1. The van der Waals surface area contributed by atoms with Gasteiger partial charge in [-0.3, -0.25) is 14.2 Å². The van der Waals surface area contributed by atoms with E-state index in [0.29, 0.717) is 22.5 Å². The van der Waals surface area contributed by atoms with Crippen molar-refractivity contribution in [1.82, 2.24) is 34.8 Å². The fourth-order valence-corrected chi connectivity index (χ4v) is 3.85. The molecule has 182 valence electrons. The minimum atomic E-state index is -0.649. The smallest absolute Gasteiger partial charge is 0.270 e. The first-order chi connectivity index (χ1) is 17.4. The van der Waals surface area contributed by atoms with E-state index in [4.69, 9.17) is 4.74 Å². The van der Waals surface area contributed by atoms with E-state index in [1.807, 2.05) is 13.1 Å². The third-order valence-corrected chi connectivity index (χ3v) is 5.73. The van der Waals surface area contributed by atoms with Crippen molar-refractivity contribution in [1.29, 1.82) is 0 Å². The lowest BCUT2D eigenvalue weighted by atomic mass is 10.0. The number of rotatable bonds is 7. The number of pyridine rings is 2. The molecule has 0 spiro atoms. The molecular formula is C25H23FN8O2. The van der Waals surface area contributed by atoms with Crippen LogP contribution < -0.4 is 15.4 Å². The van der Waals surface area contributed by atoms with Gasteiger partial charge >= 0.3 is 0 Å². The summed E-state index contributed by atoms with van der Waals surface area (Å²) < 4.78 is 22.8. The van der Waals surface area contributed by atoms with E-state index in [2.05, 4.69) is 30.8 Å². The first kappa shape index (κ1) is 23.0. The van der Waals surface area contributed by atoms with Crippen LogP contribution in [0.2, 0.25) is 0 Å². The average Bonchev–Trinajstić information content (AvgIpc) is 3.49. The zero-order chi connectivity index (χ0) is 25.2. The molecule has 0 aliphatic heterocycles. The van der Waals surface area contributed by atoms with Crippen LogP contribution in [0.25, 0.3) is 10.9 Å². The normalized spacial score (nSPS) is 11.9. The van der Waals surface area contributed by atoms with Crippen LogP contribution in [0.15, 0.2) is 67.3 Å². The van der Waals surface area contributed by atoms with Gasteiger partial charge in [-0.05, 0) is 29.8 Å². The first-order valence-corrected chi connectivity index (χ1v) is 11.1. The van der Waals surface area contributed by atoms with E-state index >= 15 is 0 Å². The number of benzene rings is 1. The highest BCUT2D eigenvalue weighted by Crippen LogP contribution is 2.27. The van der Waals surface area contributed by atoms with Crippen LogP contribution in [-0.2, 0) is 14.1 Å². The Balaban J connectivity index is 1.44. The number of ether oxygens (including phenoxy) is 1. The molecule has 1 amide bonds. The van der Waals surface area contributed by atoms with Gasteiger partial charge in [-0.1, -0.05) is 6.07 Å². The quantitative estimate of drug-likeness (QED) is 0.362. The van der Waals surface area contributed by atoms with Crippen molar-refractivity contribution in [2.45, 2.75) is 6.04 Å². The van der Waals surface area contributed by atoms with E-state index in [-0.39, 0.29) is 11.4 Å². The number of aryl methyl sites for hydroxylation is 2. The number of aromatic nitrogens is 6. The van der Waals surface area contributed by atoms with Gasteiger partial charge in [-0.2, -0.15) is 10.2 Å². The van der Waals surface area contributed by atoms with E-state index in [0.717, 1.165) is 11.2 Å². The largest absolute Gasteiger partial charge is 0.494 e. The molecule has 1 atom stereocenters. The monoisotopic (exact) mass is 486 g/mol. The summed E-state index contributed by atoms with van der Waals surface area (Å²) in [4.78, 5) is 22.2. The van der Waals surface area contributed by atoms with E-state index < -0.39 is 17.8 Å². The molecule has 4 aromatic heterocycles.